The maximum absolute atomic E-state index is 12.3. The van der Waals surface area contributed by atoms with E-state index in [0.29, 0.717) is 17.2 Å². The van der Waals surface area contributed by atoms with Crippen LogP contribution in [0.1, 0.15) is 42.1 Å². The molecule has 6 heteroatoms. The van der Waals surface area contributed by atoms with Gasteiger partial charge in [-0.3, -0.25) is 14.4 Å². The lowest BCUT2D eigenvalue weighted by molar-refractivity contribution is -0.146. The van der Waals surface area contributed by atoms with E-state index in [0.717, 1.165) is 22.8 Å². The van der Waals surface area contributed by atoms with Crippen LogP contribution >= 0.6 is 0 Å². The number of rotatable bonds is 8. The fourth-order valence-corrected chi connectivity index (χ4v) is 3.23. The number of hydrogen-bond acceptors (Lipinski definition) is 4. The highest BCUT2D eigenvalue weighted by molar-refractivity contribution is 6.00. The van der Waals surface area contributed by atoms with E-state index in [2.05, 4.69) is 24.5 Å². The molecule has 0 radical (unpaired) electrons. The number of ether oxygens (including phenoxy) is 1. The third-order valence-electron chi connectivity index (χ3n) is 5.15. The summed E-state index contributed by atoms with van der Waals surface area (Å²) < 4.78 is 4.99. The lowest BCUT2D eigenvalue weighted by Gasteiger charge is -2.15. The average Bonchev–Trinajstić information content (AvgIpc) is 2.80. The molecule has 0 aliphatic carbocycles. The van der Waals surface area contributed by atoms with Crippen molar-refractivity contribution in [3.63, 3.8) is 0 Å². The number of esters is 1. The number of nitrogens with one attached hydrogen (secondary N) is 2. The van der Waals surface area contributed by atoms with E-state index in [1.54, 1.807) is 12.1 Å². The molecule has 0 saturated carbocycles. The van der Waals surface area contributed by atoms with Crippen molar-refractivity contribution in [2.45, 2.75) is 26.2 Å². The zero-order chi connectivity index (χ0) is 22.2. The first-order chi connectivity index (χ1) is 15.0. The van der Waals surface area contributed by atoms with Crippen LogP contribution in [0, 0.1) is 0 Å². The van der Waals surface area contributed by atoms with Crippen molar-refractivity contribution in [1.29, 1.82) is 0 Å². The highest BCUT2D eigenvalue weighted by atomic mass is 16.5. The minimum Gasteiger partial charge on any atom is -0.454 e. The topological polar surface area (TPSA) is 84.5 Å². The highest BCUT2D eigenvalue weighted by Gasteiger charge is 2.14. The molecule has 3 rings (SSSR count). The molecule has 6 nitrogen and oxygen atoms in total. The lowest BCUT2D eigenvalue weighted by atomic mass is 9.97. The van der Waals surface area contributed by atoms with E-state index in [4.69, 9.17) is 4.74 Å². The molecular formula is C25H26N2O4. The van der Waals surface area contributed by atoms with Crippen LogP contribution in [0.5, 0.6) is 0 Å². The van der Waals surface area contributed by atoms with Crippen LogP contribution in [-0.2, 0) is 14.3 Å². The standard InChI is InChI=1S/C25H26N2O4/c1-3-17(2)21-10-6-7-11-22(21)27-23(28)16-31-24(29)15-26-25(30)20-13-12-18-8-4-5-9-19(18)14-20/h4-14,17H,3,15-16H2,1-2H3,(H,26,30)(H,27,28)/t17-/m0/s1. The summed E-state index contributed by atoms with van der Waals surface area (Å²) in [6.07, 6.45) is 0.943. The molecule has 0 aliphatic heterocycles. The predicted octanol–water partition coefficient (Wildman–Crippen LogP) is 4.27. The minimum absolute atomic E-state index is 0.296. The molecule has 0 heterocycles. The highest BCUT2D eigenvalue weighted by Crippen LogP contribution is 2.26. The average molecular weight is 418 g/mol. The Morgan fingerprint density at radius 1 is 0.935 bits per heavy atom. The number of carbonyl (C=O) groups is 3. The zero-order valence-electron chi connectivity index (χ0n) is 17.7. The summed E-state index contributed by atoms with van der Waals surface area (Å²) in [4.78, 5) is 36.4. The number of anilines is 1. The van der Waals surface area contributed by atoms with E-state index < -0.39 is 18.5 Å². The van der Waals surface area contributed by atoms with Crippen molar-refractivity contribution < 1.29 is 19.1 Å². The molecule has 0 bridgehead atoms. The van der Waals surface area contributed by atoms with Crippen LogP contribution in [0.25, 0.3) is 10.8 Å². The molecule has 0 unspecified atom stereocenters. The van der Waals surface area contributed by atoms with Gasteiger partial charge in [0.15, 0.2) is 6.61 Å². The van der Waals surface area contributed by atoms with Gasteiger partial charge >= 0.3 is 5.97 Å². The van der Waals surface area contributed by atoms with Gasteiger partial charge in [-0.25, -0.2) is 0 Å². The zero-order valence-corrected chi connectivity index (χ0v) is 17.7. The van der Waals surface area contributed by atoms with Gasteiger partial charge in [0.05, 0.1) is 0 Å². The molecule has 0 aromatic heterocycles. The van der Waals surface area contributed by atoms with Gasteiger partial charge in [-0.2, -0.15) is 0 Å². The summed E-state index contributed by atoms with van der Waals surface area (Å²) in [7, 11) is 0. The van der Waals surface area contributed by atoms with Gasteiger partial charge in [0.2, 0.25) is 0 Å². The Balaban J connectivity index is 1.47. The Hall–Kier alpha value is -3.67. The van der Waals surface area contributed by atoms with Crippen molar-refractivity contribution in [2.75, 3.05) is 18.5 Å². The maximum Gasteiger partial charge on any atom is 0.325 e. The fraction of sp³-hybridized carbons (Fsp3) is 0.240. The van der Waals surface area contributed by atoms with Gasteiger partial charge in [0.1, 0.15) is 6.54 Å². The number of benzene rings is 3. The van der Waals surface area contributed by atoms with Gasteiger partial charge in [-0.15, -0.1) is 0 Å². The Bertz CT molecular complexity index is 1090. The number of carbonyl (C=O) groups excluding carboxylic acids is 3. The Kier molecular flexibility index (Phi) is 7.38. The van der Waals surface area contributed by atoms with E-state index in [9.17, 15) is 14.4 Å². The van der Waals surface area contributed by atoms with Gasteiger partial charge in [0, 0.05) is 11.3 Å². The molecule has 2 N–H and O–H groups in total. The minimum atomic E-state index is -0.681. The van der Waals surface area contributed by atoms with Crippen molar-refractivity contribution in [3.8, 4) is 0 Å². The molecule has 3 aromatic carbocycles. The van der Waals surface area contributed by atoms with E-state index in [1.807, 2.05) is 54.6 Å². The van der Waals surface area contributed by atoms with Gasteiger partial charge < -0.3 is 15.4 Å². The number of fused-ring (bicyclic) bond motifs is 1. The third kappa shape index (κ3) is 5.92. The molecule has 3 aromatic rings. The summed E-state index contributed by atoms with van der Waals surface area (Å²) in [5.74, 6) is -1.19. The Labute approximate surface area is 181 Å². The molecule has 0 fully saturated rings. The van der Waals surface area contributed by atoms with E-state index >= 15 is 0 Å². The number of amides is 2. The van der Waals surface area contributed by atoms with Crippen LogP contribution in [0.3, 0.4) is 0 Å². The smallest absolute Gasteiger partial charge is 0.325 e. The normalized spacial score (nSPS) is 11.5. The first-order valence-corrected chi connectivity index (χ1v) is 10.3. The molecule has 0 spiro atoms. The number of para-hydroxylation sites is 1. The van der Waals surface area contributed by atoms with E-state index in [-0.39, 0.29) is 12.5 Å². The molecule has 160 valence electrons. The summed E-state index contributed by atoms with van der Waals surface area (Å²) in [5, 5.41) is 7.27. The molecule has 31 heavy (non-hydrogen) atoms. The summed E-state index contributed by atoms with van der Waals surface area (Å²) in [6, 6.07) is 20.6. The van der Waals surface area contributed by atoms with Crippen molar-refractivity contribution in [2.24, 2.45) is 0 Å². The predicted molar refractivity (Wildman–Crippen MR) is 121 cm³/mol. The van der Waals surface area contributed by atoms with Crippen LogP contribution in [0.2, 0.25) is 0 Å². The quantitative estimate of drug-likeness (QED) is 0.535. The van der Waals surface area contributed by atoms with Crippen LogP contribution < -0.4 is 10.6 Å². The van der Waals surface area contributed by atoms with Crippen molar-refractivity contribution in [3.05, 3.63) is 77.9 Å². The van der Waals surface area contributed by atoms with Crippen molar-refractivity contribution >= 4 is 34.2 Å². The van der Waals surface area contributed by atoms with Gasteiger partial charge in [-0.05, 0) is 46.9 Å². The monoisotopic (exact) mass is 418 g/mol. The Morgan fingerprint density at radius 3 is 2.42 bits per heavy atom. The first kappa shape index (κ1) is 22.0. The van der Waals surface area contributed by atoms with Gasteiger partial charge in [0.25, 0.3) is 11.8 Å². The molecule has 0 saturated heterocycles. The first-order valence-electron chi connectivity index (χ1n) is 10.3. The SMILES string of the molecule is CC[C@H](C)c1ccccc1NC(=O)COC(=O)CNC(=O)c1ccc2ccccc2c1. The van der Waals surface area contributed by atoms with Crippen LogP contribution in [0.4, 0.5) is 5.69 Å². The maximum atomic E-state index is 12.3. The largest absolute Gasteiger partial charge is 0.454 e. The summed E-state index contributed by atoms with van der Waals surface area (Å²) >= 11 is 0. The lowest BCUT2D eigenvalue weighted by Crippen LogP contribution is -2.32. The van der Waals surface area contributed by atoms with Crippen molar-refractivity contribution in [1.82, 2.24) is 5.32 Å². The molecular weight excluding hydrogens is 392 g/mol. The number of hydrogen-bond donors (Lipinski definition) is 2. The molecule has 2 amide bonds. The second kappa shape index (κ2) is 10.4. The summed E-state index contributed by atoms with van der Waals surface area (Å²) in [5.41, 5.74) is 2.20. The molecule has 1 atom stereocenters. The van der Waals surface area contributed by atoms with Crippen LogP contribution in [0.15, 0.2) is 66.7 Å². The summed E-state index contributed by atoms with van der Waals surface area (Å²) in [6.45, 7) is 3.43. The molecule has 0 aliphatic rings. The fourth-order valence-electron chi connectivity index (χ4n) is 3.23. The third-order valence-corrected chi connectivity index (χ3v) is 5.15. The van der Waals surface area contributed by atoms with Gasteiger partial charge in [-0.1, -0.05) is 62.4 Å². The Morgan fingerprint density at radius 2 is 1.65 bits per heavy atom. The second-order valence-corrected chi connectivity index (χ2v) is 7.35. The van der Waals surface area contributed by atoms with E-state index in [1.165, 1.54) is 0 Å². The van der Waals surface area contributed by atoms with Crippen LogP contribution in [-0.4, -0.2) is 30.9 Å². The second-order valence-electron chi connectivity index (χ2n) is 7.35.